The number of hydrogen-bond acceptors (Lipinski definition) is 10. The van der Waals surface area contributed by atoms with Gasteiger partial charge >= 0.3 is 6.09 Å². The van der Waals surface area contributed by atoms with E-state index in [-0.39, 0.29) is 56.0 Å². The Balaban J connectivity index is 0.00000442. The second-order valence-electron chi connectivity index (χ2n) is 10.1. The minimum atomic E-state index is -3.74. The molecule has 2 aromatic carbocycles. The molecule has 0 aliphatic carbocycles. The average molecular weight is 688 g/mol. The van der Waals surface area contributed by atoms with E-state index in [0.717, 1.165) is 41.5 Å². The van der Waals surface area contributed by atoms with Gasteiger partial charge in [-0.1, -0.05) is 22.9 Å². The fourth-order valence-electron chi connectivity index (χ4n) is 5.11. The van der Waals surface area contributed by atoms with E-state index in [0.29, 0.717) is 29.4 Å². The molecule has 5 rings (SSSR count). The van der Waals surface area contributed by atoms with E-state index >= 15 is 0 Å². The van der Waals surface area contributed by atoms with Gasteiger partial charge in [0, 0.05) is 71.0 Å². The number of nitrogens with zero attached hydrogens (tertiary/aromatic N) is 5. The van der Waals surface area contributed by atoms with Crippen LogP contribution in [0.25, 0.3) is 10.2 Å². The molecule has 12 nitrogen and oxygen atoms in total. The number of amides is 2. The number of sulfonamides is 1. The Morgan fingerprint density at radius 3 is 2.32 bits per heavy atom. The van der Waals surface area contributed by atoms with Gasteiger partial charge in [0.1, 0.15) is 5.52 Å². The number of rotatable bonds is 9. The zero-order valence-corrected chi connectivity index (χ0v) is 27.7. The molecular weight excluding hydrogens is 651 g/mol. The fraction of sp³-hybridized carbons (Fsp3) is 0.464. The van der Waals surface area contributed by atoms with Gasteiger partial charge in [-0.2, -0.15) is 4.31 Å². The molecule has 2 aliphatic heterocycles. The highest BCUT2D eigenvalue weighted by molar-refractivity contribution is 7.89. The van der Waals surface area contributed by atoms with Crippen LogP contribution in [0.2, 0.25) is 5.02 Å². The summed E-state index contributed by atoms with van der Waals surface area (Å²) in [7, 11) is -2.14. The second kappa shape index (κ2) is 14.9. The SMILES string of the molecule is CCOC(=O)N1CCN(S(=O)(=O)c2ccc(C(=O)NCCN3CCN(c4nc5c(OC)c(Cl)ccc5s4)CC3)cc2)CC1.Cl. The molecule has 1 N–H and O–H groups in total. The van der Waals surface area contributed by atoms with Crippen molar-refractivity contribution in [1.82, 2.24) is 24.4 Å². The lowest BCUT2D eigenvalue weighted by Crippen LogP contribution is -2.50. The van der Waals surface area contributed by atoms with Crippen molar-refractivity contribution in [1.29, 1.82) is 0 Å². The van der Waals surface area contributed by atoms with Crippen LogP contribution in [0.1, 0.15) is 17.3 Å². The molecule has 2 fully saturated rings. The van der Waals surface area contributed by atoms with Crippen LogP contribution in [0.3, 0.4) is 0 Å². The van der Waals surface area contributed by atoms with Crippen molar-refractivity contribution in [2.75, 3.05) is 84.1 Å². The molecule has 2 saturated heterocycles. The first kappa shape index (κ1) is 34.0. The number of hydrogen-bond donors (Lipinski definition) is 1. The Kier molecular flexibility index (Phi) is 11.5. The Hall–Kier alpha value is -2.88. The van der Waals surface area contributed by atoms with E-state index in [4.69, 9.17) is 26.1 Å². The van der Waals surface area contributed by atoms with E-state index in [1.54, 1.807) is 25.4 Å². The minimum Gasteiger partial charge on any atom is -0.493 e. The molecule has 0 bridgehead atoms. The first-order valence-electron chi connectivity index (χ1n) is 14.1. The van der Waals surface area contributed by atoms with Crippen LogP contribution >= 0.6 is 35.3 Å². The number of ether oxygens (including phenoxy) is 2. The summed E-state index contributed by atoms with van der Waals surface area (Å²) in [5.74, 6) is 0.339. The molecule has 44 heavy (non-hydrogen) atoms. The standard InChI is InChI=1S/C28H35ClN6O6S2.ClH/c1-3-41-28(37)34-16-18-35(19-17-34)43(38,39)21-6-4-20(5-7-21)26(36)30-10-11-32-12-14-33(15-13-32)27-31-24-23(42-27)9-8-22(29)25(24)40-2;/h4-9H,3,10-19H2,1-2H3,(H,30,36);1H. The molecule has 2 aliphatic rings. The van der Waals surface area contributed by atoms with Gasteiger partial charge < -0.3 is 24.6 Å². The summed E-state index contributed by atoms with van der Waals surface area (Å²) in [4.78, 5) is 35.6. The zero-order valence-electron chi connectivity index (χ0n) is 24.5. The molecule has 1 aromatic heterocycles. The molecule has 0 atom stereocenters. The smallest absolute Gasteiger partial charge is 0.409 e. The number of methoxy groups -OCH3 is 1. The lowest BCUT2D eigenvalue weighted by molar-refractivity contribution is 0.0932. The van der Waals surface area contributed by atoms with Crippen molar-refractivity contribution in [3.8, 4) is 5.75 Å². The zero-order chi connectivity index (χ0) is 30.6. The predicted molar refractivity (Wildman–Crippen MR) is 173 cm³/mol. The molecule has 0 saturated carbocycles. The van der Waals surface area contributed by atoms with Crippen molar-refractivity contribution >= 4 is 72.7 Å². The van der Waals surface area contributed by atoms with Crippen LogP contribution in [-0.2, 0) is 14.8 Å². The highest BCUT2D eigenvalue weighted by Gasteiger charge is 2.30. The van der Waals surface area contributed by atoms with Crippen LogP contribution in [0.5, 0.6) is 5.75 Å². The monoisotopic (exact) mass is 686 g/mol. The first-order valence-corrected chi connectivity index (χ1v) is 16.7. The first-order chi connectivity index (χ1) is 20.7. The molecule has 0 radical (unpaired) electrons. The van der Waals surface area contributed by atoms with Crippen LogP contribution < -0.4 is 15.0 Å². The van der Waals surface area contributed by atoms with Gasteiger partial charge in [-0.3, -0.25) is 9.69 Å². The van der Waals surface area contributed by atoms with Gasteiger partial charge in [-0.05, 0) is 43.3 Å². The van der Waals surface area contributed by atoms with E-state index in [1.165, 1.54) is 33.5 Å². The number of fused-ring (bicyclic) bond motifs is 1. The third-order valence-electron chi connectivity index (χ3n) is 7.53. The van der Waals surface area contributed by atoms with E-state index in [9.17, 15) is 18.0 Å². The summed E-state index contributed by atoms with van der Waals surface area (Å²) in [5.41, 5.74) is 1.17. The predicted octanol–water partition coefficient (Wildman–Crippen LogP) is 3.39. The van der Waals surface area contributed by atoms with Crippen LogP contribution in [0.4, 0.5) is 9.93 Å². The number of nitrogens with one attached hydrogen (secondary N) is 1. The number of halogens is 2. The minimum absolute atomic E-state index is 0. The topological polar surface area (TPSA) is 125 Å². The maximum Gasteiger partial charge on any atom is 0.409 e. The fourth-order valence-corrected chi connectivity index (χ4v) is 7.78. The summed E-state index contributed by atoms with van der Waals surface area (Å²) in [6.45, 7) is 7.38. The van der Waals surface area contributed by atoms with Crippen LogP contribution in [0, 0.1) is 0 Å². The number of piperazine rings is 2. The summed E-state index contributed by atoms with van der Waals surface area (Å²) >= 11 is 7.87. The second-order valence-corrected chi connectivity index (χ2v) is 13.5. The van der Waals surface area contributed by atoms with Crippen molar-refractivity contribution in [3.05, 3.63) is 47.0 Å². The molecule has 240 valence electrons. The van der Waals surface area contributed by atoms with Crippen LogP contribution in [0.15, 0.2) is 41.3 Å². The molecule has 3 heterocycles. The van der Waals surface area contributed by atoms with E-state index in [1.807, 2.05) is 12.1 Å². The van der Waals surface area contributed by atoms with E-state index in [2.05, 4.69) is 15.1 Å². The molecular formula is C28H36Cl2N6O6S2. The van der Waals surface area contributed by atoms with Crippen LogP contribution in [-0.4, -0.2) is 119 Å². The van der Waals surface area contributed by atoms with Gasteiger partial charge in [0.2, 0.25) is 10.0 Å². The molecule has 16 heteroatoms. The molecule has 0 unspecified atom stereocenters. The number of carbonyl (C=O) groups is 2. The highest BCUT2D eigenvalue weighted by atomic mass is 35.5. The van der Waals surface area contributed by atoms with E-state index < -0.39 is 16.1 Å². The van der Waals surface area contributed by atoms with Gasteiger partial charge in [0.25, 0.3) is 5.91 Å². The van der Waals surface area contributed by atoms with Crippen molar-refractivity contribution in [2.45, 2.75) is 11.8 Å². The molecule has 0 spiro atoms. The van der Waals surface area contributed by atoms with Gasteiger partial charge in [0.15, 0.2) is 10.9 Å². The summed E-state index contributed by atoms with van der Waals surface area (Å²) in [6, 6.07) is 9.74. The number of aromatic nitrogens is 1. The number of anilines is 1. The highest BCUT2D eigenvalue weighted by Crippen LogP contribution is 2.38. The Labute approximate surface area is 272 Å². The number of thiazole rings is 1. The quantitative estimate of drug-likeness (QED) is 0.361. The Bertz CT molecular complexity index is 1560. The summed E-state index contributed by atoms with van der Waals surface area (Å²) in [6.07, 6.45) is -0.436. The maximum absolute atomic E-state index is 13.1. The lowest BCUT2D eigenvalue weighted by atomic mass is 10.2. The Morgan fingerprint density at radius 2 is 1.68 bits per heavy atom. The normalized spacial score (nSPS) is 16.4. The van der Waals surface area contributed by atoms with Crippen molar-refractivity contribution in [3.63, 3.8) is 0 Å². The number of carbonyl (C=O) groups excluding carboxylic acids is 2. The van der Waals surface area contributed by atoms with Crippen molar-refractivity contribution in [2.24, 2.45) is 0 Å². The Morgan fingerprint density at radius 1 is 1.00 bits per heavy atom. The summed E-state index contributed by atoms with van der Waals surface area (Å²) in [5, 5.41) is 4.41. The third-order valence-corrected chi connectivity index (χ3v) is 10.8. The third kappa shape index (κ3) is 7.49. The summed E-state index contributed by atoms with van der Waals surface area (Å²) < 4.78 is 39.0. The van der Waals surface area contributed by atoms with Crippen molar-refractivity contribution < 1.29 is 27.5 Å². The lowest BCUT2D eigenvalue weighted by Gasteiger charge is -2.34. The number of benzene rings is 2. The van der Waals surface area contributed by atoms with Gasteiger partial charge in [0.05, 0.1) is 28.3 Å². The molecule has 2 amide bonds. The average Bonchev–Trinajstić information content (AvgIpc) is 3.46. The largest absolute Gasteiger partial charge is 0.493 e. The van der Waals surface area contributed by atoms with Gasteiger partial charge in [-0.25, -0.2) is 18.2 Å². The maximum atomic E-state index is 13.1. The molecule has 3 aromatic rings. The van der Waals surface area contributed by atoms with Gasteiger partial charge in [-0.15, -0.1) is 12.4 Å².